The number of anilines is 1. The Kier molecular flexibility index (Phi) is 3.96. The van der Waals surface area contributed by atoms with Gasteiger partial charge in [-0.2, -0.15) is 0 Å². The summed E-state index contributed by atoms with van der Waals surface area (Å²) in [6.45, 7) is 2.81. The number of rotatable bonds is 5. The molecule has 1 aromatic heterocycles. The van der Waals surface area contributed by atoms with Crippen LogP contribution >= 0.6 is 0 Å². The van der Waals surface area contributed by atoms with Crippen LogP contribution in [0.1, 0.15) is 12.7 Å². The predicted molar refractivity (Wildman–Crippen MR) is 68.4 cm³/mol. The van der Waals surface area contributed by atoms with Gasteiger partial charge in [-0.1, -0.05) is 12.1 Å². The molecule has 2 rings (SSSR count). The molecule has 94 valence electrons. The van der Waals surface area contributed by atoms with Crippen molar-refractivity contribution in [3.8, 4) is 11.5 Å². The van der Waals surface area contributed by atoms with Crippen LogP contribution in [0.25, 0.3) is 0 Å². The zero-order valence-electron chi connectivity index (χ0n) is 10.2. The van der Waals surface area contributed by atoms with Crippen LogP contribution < -0.4 is 15.2 Å². The highest BCUT2D eigenvalue weighted by molar-refractivity contribution is 5.39. The third-order valence-corrected chi connectivity index (χ3v) is 2.23. The van der Waals surface area contributed by atoms with E-state index in [1.807, 2.05) is 31.2 Å². The number of hydrogen-bond acceptors (Lipinski definition) is 5. The third kappa shape index (κ3) is 3.10. The van der Waals surface area contributed by atoms with Crippen LogP contribution in [-0.4, -0.2) is 16.6 Å². The molecule has 0 aliphatic carbocycles. The standard InChI is InChI=1S/C13H15N3O2/c1-2-17-11-5-3-4-6-12(11)18-9-13-15-7-10(14)8-16-13/h3-8H,2,9,14H2,1H3. The zero-order valence-corrected chi connectivity index (χ0v) is 10.2. The van der Waals surface area contributed by atoms with Gasteiger partial charge in [0.15, 0.2) is 17.3 Å². The zero-order chi connectivity index (χ0) is 12.8. The summed E-state index contributed by atoms with van der Waals surface area (Å²) in [5, 5.41) is 0. The minimum atomic E-state index is 0.282. The second kappa shape index (κ2) is 5.86. The lowest BCUT2D eigenvalue weighted by atomic mass is 10.3. The first-order valence-corrected chi connectivity index (χ1v) is 5.70. The summed E-state index contributed by atoms with van der Waals surface area (Å²) in [6.07, 6.45) is 3.11. The van der Waals surface area contributed by atoms with E-state index < -0.39 is 0 Å². The van der Waals surface area contributed by atoms with E-state index in [1.165, 1.54) is 0 Å². The highest BCUT2D eigenvalue weighted by Crippen LogP contribution is 2.26. The quantitative estimate of drug-likeness (QED) is 0.872. The summed E-state index contributed by atoms with van der Waals surface area (Å²) >= 11 is 0. The summed E-state index contributed by atoms with van der Waals surface area (Å²) < 4.78 is 11.1. The minimum absolute atomic E-state index is 0.282. The molecule has 0 aliphatic heterocycles. The van der Waals surface area contributed by atoms with Crippen molar-refractivity contribution in [2.75, 3.05) is 12.3 Å². The van der Waals surface area contributed by atoms with Gasteiger partial charge in [0.2, 0.25) is 0 Å². The molecule has 0 unspecified atom stereocenters. The smallest absolute Gasteiger partial charge is 0.166 e. The fraction of sp³-hybridized carbons (Fsp3) is 0.231. The molecule has 2 aromatic rings. The molecular weight excluding hydrogens is 230 g/mol. The van der Waals surface area contributed by atoms with Crippen molar-refractivity contribution in [2.45, 2.75) is 13.5 Å². The van der Waals surface area contributed by atoms with Gasteiger partial charge in [0.25, 0.3) is 0 Å². The van der Waals surface area contributed by atoms with E-state index in [9.17, 15) is 0 Å². The average molecular weight is 245 g/mol. The fourth-order valence-corrected chi connectivity index (χ4v) is 1.43. The predicted octanol–water partition coefficient (Wildman–Crippen LogP) is 2.04. The number of benzene rings is 1. The Labute approximate surface area is 106 Å². The molecule has 0 spiro atoms. The first kappa shape index (κ1) is 12.2. The lowest BCUT2D eigenvalue weighted by Gasteiger charge is -2.10. The maximum atomic E-state index is 5.62. The van der Waals surface area contributed by atoms with Crippen molar-refractivity contribution in [1.82, 2.24) is 9.97 Å². The van der Waals surface area contributed by atoms with Gasteiger partial charge in [0.05, 0.1) is 24.7 Å². The van der Waals surface area contributed by atoms with Crippen molar-refractivity contribution in [3.63, 3.8) is 0 Å². The Morgan fingerprint density at radius 2 is 1.67 bits per heavy atom. The van der Waals surface area contributed by atoms with Crippen molar-refractivity contribution in [2.24, 2.45) is 0 Å². The van der Waals surface area contributed by atoms with E-state index in [1.54, 1.807) is 12.4 Å². The molecule has 18 heavy (non-hydrogen) atoms. The van der Waals surface area contributed by atoms with E-state index in [2.05, 4.69) is 9.97 Å². The molecule has 0 fully saturated rings. The van der Waals surface area contributed by atoms with Crippen LogP contribution in [0.2, 0.25) is 0 Å². The number of aromatic nitrogens is 2. The van der Waals surface area contributed by atoms with Gasteiger partial charge in [-0.25, -0.2) is 9.97 Å². The van der Waals surface area contributed by atoms with Gasteiger partial charge >= 0.3 is 0 Å². The molecule has 0 aliphatic rings. The SMILES string of the molecule is CCOc1ccccc1OCc1ncc(N)cn1. The normalized spacial score (nSPS) is 10.1. The lowest BCUT2D eigenvalue weighted by Crippen LogP contribution is -2.03. The number of nitrogens with two attached hydrogens (primary N) is 1. The summed E-state index contributed by atoms with van der Waals surface area (Å²) in [6, 6.07) is 7.50. The van der Waals surface area contributed by atoms with E-state index in [4.69, 9.17) is 15.2 Å². The van der Waals surface area contributed by atoms with Crippen LogP contribution in [0.3, 0.4) is 0 Å². The second-order valence-corrected chi connectivity index (χ2v) is 3.60. The number of nitrogen functional groups attached to an aromatic ring is 1. The van der Waals surface area contributed by atoms with Gasteiger partial charge in [-0.05, 0) is 19.1 Å². The van der Waals surface area contributed by atoms with E-state index in [0.717, 1.165) is 5.75 Å². The van der Waals surface area contributed by atoms with Crippen LogP contribution in [-0.2, 0) is 6.61 Å². The molecule has 5 heteroatoms. The van der Waals surface area contributed by atoms with Gasteiger partial charge in [-0.15, -0.1) is 0 Å². The maximum Gasteiger partial charge on any atom is 0.166 e. The minimum Gasteiger partial charge on any atom is -0.490 e. The van der Waals surface area contributed by atoms with Crippen LogP contribution in [0.15, 0.2) is 36.7 Å². The van der Waals surface area contributed by atoms with E-state index in [-0.39, 0.29) is 6.61 Å². The van der Waals surface area contributed by atoms with E-state index in [0.29, 0.717) is 23.9 Å². The van der Waals surface area contributed by atoms with Crippen molar-refractivity contribution in [1.29, 1.82) is 0 Å². The number of nitrogens with zero attached hydrogens (tertiary/aromatic N) is 2. The molecule has 0 saturated heterocycles. The third-order valence-electron chi connectivity index (χ3n) is 2.23. The highest BCUT2D eigenvalue weighted by atomic mass is 16.5. The van der Waals surface area contributed by atoms with Crippen LogP contribution in [0, 0.1) is 0 Å². The number of hydrogen-bond donors (Lipinski definition) is 1. The average Bonchev–Trinajstić information content (AvgIpc) is 2.40. The van der Waals surface area contributed by atoms with Crippen LogP contribution in [0.4, 0.5) is 5.69 Å². The molecule has 0 atom stereocenters. The van der Waals surface area contributed by atoms with Gasteiger partial charge in [0.1, 0.15) is 6.61 Å². The van der Waals surface area contributed by atoms with Crippen LogP contribution in [0.5, 0.6) is 11.5 Å². The molecule has 0 bridgehead atoms. The highest BCUT2D eigenvalue weighted by Gasteiger charge is 2.04. The monoisotopic (exact) mass is 245 g/mol. The Morgan fingerprint density at radius 3 is 2.28 bits per heavy atom. The molecule has 5 nitrogen and oxygen atoms in total. The molecule has 0 amide bonds. The Balaban J connectivity index is 2.03. The topological polar surface area (TPSA) is 70.3 Å². The Bertz CT molecular complexity index is 500. The maximum absolute atomic E-state index is 5.62. The first-order valence-electron chi connectivity index (χ1n) is 5.70. The summed E-state index contributed by atoms with van der Waals surface area (Å²) in [5.74, 6) is 1.98. The van der Waals surface area contributed by atoms with Crippen molar-refractivity contribution >= 4 is 5.69 Å². The van der Waals surface area contributed by atoms with Crippen molar-refractivity contribution < 1.29 is 9.47 Å². The second-order valence-electron chi connectivity index (χ2n) is 3.60. The molecule has 0 saturated carbocycles. The molecule has 0 radical (unpaired) electrons. The van der Waals surface area contributed by atoms with E-state index >= 15 is 0 Å². The largest absolute Gasteiger partial charge is 0.490 e. The first-order chi connectivity index (χ1) is 8.79. The molecule has 1 aromatic carbocycles. The Hall–Kier alpha value is -2.30. The molecular formula is C13H15N3O2. The van der Waals surface area contributed by atoms with Gasteiger partial charge < -0.3 is 15.2 Å². The number of para-hydroxylation sites is 2. The van der Waals surface area contributed by atoms with Gasteiger partial charge in [0, 0.05) is 0 Å². The summed E-state index contributed by atoms with van der Waals surface area (Å²) in [5.41, 5.74) is 6.05. The number of ether oxygens (including phenoxy) is 2. The Morgan fingerprint density at radius 1 is 1.06 bits per heavy atom. The molecule has 1 heterocycles. The van der Waals surface area contributed by atoms with Crippen molar-refractivity contribution in [3.05, 3.63) is 42.5 Å². The lowest BCUT2D eigenvalue weighted by molar-refractivity contribution is 0.263. The summed E-state index contributed by atoms with van der Waals surface area (Å²) in [4.78, 5) is 8.13. The molecule has 2 N–H and O–H groups in total. The van der Waals surface area contributed by atoms with Gasteiger partial charge in [-0.3, -0.25) is 0 Å². The summed E-state index contributed by atoms with van der Waals surface area (Å²) in [7, 11) is 0. The fourth-order valence-electron chi connectivity index (χ4n) is 1.43.